The number of carbonyl (C=O) groups excluding carboxylic acids is 1. The topological polar surface area (TPSA) is 60.9 Å². The summed E-state index contributed by atoms with van der Waals surface area (Å²) in [4.78, 5) is 15.8. The minimum absolute atomic E-state index is 0.335. The maximum absolute atomic E-state index is 11.6. The van der Waals surface area contributed by atoms with E-state index in [0.717, 1.165) is 48.3 Å². The number of fused-ring (bicyclic) bond motifs is 1. The zero-order chi connectivity index (χ0) is 13.4. The maximum Gasteiger partial charge on any atom is 0.250 e. The molecule has 4 nitrogen and oxygen atoms in total. The summed E-state index contributed by atoms with van der Waals surface area (Å²) < 4.78 is 2.23. The van der Waals surface area contributed by atoms with Gasteiger partial charge in [-0.1, -0.05) is 0 Å². The SMILES string of the molecule is Cc1ccncc1-c1cc(C(N)=O)c2n1CCCC2. The molecule has 0 aliphatic carbocycles. The van der Waals surface area contributed by atoms with E-state index in [1.54, 1.807) is 6.20 Å². The van der Waals surface area contributed by atoms with Gasteiger partial charge in [-0.05, 0) is 43.9 Å². The van der Waals surface area contributed by atoms with Crippen LogP contribution < -0.4 is 5.73 Å². The first-order valence-corrected chi connectivity index (χ1v) is 6.61. The van der Waals surface area contributed by atoms with Crippen molar-refractivity contribution in [3.63, 3.8) is 0 Å². The monoisotopic (exact) mass is 255 g/mol. The number of hydrogen-bond acceptors (Lipinski definition) is 2. The number of nitrogens with two attached hydrogens (primary N) is 1. The molecule has 0 atom stereocenters. The summed E-state index contributed by atoms with van der Waals surface area (Å²) in [5.74, 6) is -0.335. The van der Waals surface area contributed by atoms with Crippen molar-refractivity contribution in [1.82, 2.24) is 9.55 Å². The molecule has 3 rings (SSSR count). The fourth-order valence-corrected chi connectivity index (χ4v) is 2.84. The number of aromatic nitrogens is 2. The summed E-state index contributed by atoms with van der Waals surface area (Å²) in [6.07, 6.45) is 6.84. The summed E-state index contributed by atoms with van der Waals surface area (Å²) in [5, 5.41) is 0. The molecule has 2 aromatic rings. The summed E-state index contributed by atoms with van der Waals surface area (Å²) in [6.45, 7) is 3.01. The Bertz CT molecular complexity index is 643. The Kier molecular flexibility index (Phi) is 2.85. The molecule has 2 aromatic heterocycles. The average Bonchev–Trinajstić information content (AvgIpc) is 2.79. The third-order valence-electron chi connectivity index (χ3n) is 3.83. The molecule has 0 radical (unpaired) electrons. The van der Waals surface area contributed by atoms with Gasteiger partial charge in [0.25, 0.3) is 5.91 Å². The molecule has 0 bridgehead atoms. The molecule has 19 heavy (non-hydrogen) atoms. The minimum Gasteiger partial charge on any atom is -0.366 e. The van der Waals surface area contributed by atoms with E-state index < -0.39 is 0 Å². The largest absolute Gasteiger partial charge is 0.366 e. The summed E-state index contributed by atoms with van der Waals surface area (Å²) >= 11 is 0. The lowest BCUT2D eigenvalue weighted by atomic mass is 10.1. The number of primary amides is 1. The second kappa shape index (κ2) is 4.53. The molecule has 4 heteroatoms. The quantitative estimate of drug-likeness (QED) is 0.895. The van der Waals surface area contributed by atoms with Gasteiger partial charge in [0.1, 0.15) is 0 Å². The van der Waals surface area contributed by atoms with Gasteiger partial charge in [-0.25, -0.2) is 0 Å². The molecule has 0 unspecified atom stereocenters. The summed E-state index contributed by atoms with van der Waals surface area (Å²) in [5.41, 5.74) is 10.6. The van der Waals surface area contributed by atoms with Crippen LogP contribution >= 0.6 is 0 Å². The van der Waals surface area contributed by atoms with Crippen LogP contribution in [0.4, 0.5) is 0 Å². The molecule has 0 spiro atoms. The molecule has 2 N–H and O–H groups in total. The van der Waals surface area contributed by atoms with Crippen LogP contribution in [0.5, 0.6) is 0 Å². The molecule has 3 heterocycles. The van der Waals surface area contributed by atoms with Crippen molar-refractivity contribution < 1.29 is 4.79 Å². The van der Waals surface area contributed by atoms with Crippen molar-refractivity contribution in [2.24, 2.45) is 5.73 Å². The third kappa shape index (κ3) is 1.93. The highest BCUT2D eigenvalue weighted by atomic mass is 16.1. The molecular formula is C15H17N3O. The smallest absolute Gasteiger partial charge is 0.250 e. The average molecular weight is 255 g/mol. The number of rotatable bonds is 2. The van der Waals surface area contributed by atoms with Gasteiger partial charge in [0.15, 0.2) is 0 Å². The Balaban J connectivity index is 2.22. The fraction of sp³-hybridized carbons (Fsp3) is 0.333. The Morgan fingerprint density at radius 2 is 2.26 bits per heavy atom. The lowest BCUT2D eigenvalue weighted by Crippen LogP contribution is -2.17. The van der Waals surface area contributed by atoms with Crippen LogP contribution in [0.1, 0.15) is 34.5 Å². The Labute approximate surface area is 112 Å². The van der Waals surface area contributed by atoms with Crippen LogP contribution in [0.3, 0.4) is 0 Å². The first kappa shape index (κ1) is 12.0. The highest BCUT2D eigenvalue weighted by Gasteiger charge is 2.22. The number of nitrogens with zero attached hydrogens (tertiary/aromatic N) is 2. The normalized spacial score (nSPS) is 14.2. The summed E-state index contributed by atoms with van der Waals surface area (Å²) in [6, 6.07) is 3.91. The van der Waals surface area contributed by atoms with E-state index in [1.165, 1.54) is 0 Å². The first-order valence-electron chi connectivity index (χ1n) is 6.61. The van der Waals surface area contributed by atoms with E-state index in [4.69, 9.17) is 5.73 Å². The molecular weight excluding hydrogens is 238 g/mol. The van der Waals surface area contributed by atoms with Crippen LogP contribution in [-0.2, 0) is 13.0 Å². The Hall–Kier alpha value is -2.10. The van der Waals surface area contributed by atoms with Gasteiger partial charge in [-0.2, -0.15) is 0 Å². The van der Waals surface area contributed by atoms with Crippen molar-refractivity contribution in [2.75, 3.05) is 0 Å². The van der Waals surface area contributed by atoms with Crippen LogP contribution in [-0.4, -0.2) is 15.5 Å². The standard InChI is InChI=1S/C15H17N3O/c1-10-5-6-17-9-12(10)14-8-11(15(16)19)13-4-2-3-7-18(13)14/h5-6,8-9H,2-4,7H2,1H3,(H2,16,19). The van der Waals surface area contributed by atoms with Crippen molar-refractivity contribution in [1.29, 1.82) is 0 Å². The molecule has 0 aromatic carbocycles. The maximum atomic E-state index is 11.6. The number of carbonyl (C=O) groups is 1. The molecule has 0 fully saturated rings. The molecule has 1 amide bonds. The van der Waals surface area contributed by atoms with Gasteiger partial charge >= 0.3 is 0 Å². The number of amides is 1. The number of aryl methyl sites for hydroxylation is 1. The van der Waals surface area contributed by atoms with E-state index in [9.17, 15) is 4.79 Å². The zero-order valence-corrected chi connectivity index (χ0v) is 11.0. The van der Waals surface area contributed by atoms with Gasteiger partial charge in [-0.15, -0.1) is 0 Å². The van der Waals surface area contributed by atoms with Gasteiger partial charge in [-0.3, -0.25) is 9.78 Å². The Morgan fingerprint density at radius 1 is 1.42 bits per heavy atom. The van der Waals surface area contributed by atoms with Crippen molar-refractivity contribution >= 4 is 5.91 Å². The van der Waals surface area contributed by atoms with E-state index in [0.29, 0.717) is 5.56 Å². The van der Waals surface area contributed by atoms with Gasteiger partial charge in [0.05, 0.1) is 11.3 Å². The van der Waals surface area contributed by atoms with Crippen LogP contribution in [0, 0.1) is 6.92 Å². The second-order valence-electron chi connectivity index (χ2n) is 5.05. The highest BCUT2D eigenvalue weighted by Crippen LogP contribution is 2.31. The van der Waals surface area contributed by atoms with Crippen molar-refractivity contribution in [3.05, 3.63) is 41.3 Å². The van der Waals surface area contributed by atoms with Crippen LogP contribution in [0.25, 0.3) is 11.3 Å². The second-order valence-corrected chi connectivity index (χ2v) is 5.05. The third-order valence-corrected chi connectivity index (χ3v) is 3.83. The van der Waals surface area contributed by atoms with Crippen LogP contribution in [0.15, 0.2) is 24.5 Å². The lowest BCUT2D eigenvalue weighted by Gasteiger charge is -2.19. The first-order chi connectivity index (χ1) is 9.18. The molecule has 98 valence electrons. The fourth-order valence-electron chi connectivity index (χ4n) is 2.84. The van der Waals surface area contributed by atoms with Gasteiger partial charge in [0.2, 0.25) is 0 Å². The van der Waals surface area contributed by atoms with E-state index in [-0.39, 0.29) is 5.91 Å². The summed E-state index contributed by atoms with van der Waals surface area (Å²) in [7, 11) is 0. The highest BCUT2D eigenvalue weighted by molar-refractivity contribution is 5.96. The number of hydrogen-bond donors (Lipinski definition) is 1. The minimum atomic E-state index is -0.335. The van der Waals surface area contributed by atoms with E-state index in [1.807, 2.05) is 18.3 Å². The van der Waals surface area contributed by atoms with E-state index in [2.05, 4.69) is 16.5 Å². The molecule has 1 aliphatic rings. The van der Waals surface area contributed by atoms with Gasteiger partial charge < -0.3 is 10.3 Å². The van der Waals surface area contributed by atoms with Crippen molar-refractivity contribution in [3.8, 4) is 11.3 Å². The molecule has 1 aliphatic heterocycles. The Morgan fingerprint density at radius 3 is 3.00 bits per heavy atom. The zero-order valence-electron chi connectivity index (χ0n) is 11.0. The van der Waals surface area contributed by atoms with Crippen LogP contribution in [0.2, 0.25) is 0 Å². The van der Waals surface area contributed by atoms with E-state index >= 15 is 0 Å². The predicted molar refractivity (Wildman–Crippen MR) is 73.9 cm³/mol. The molecule has 0 saturated carbocycles. The number of pyridine rings is 1. The molecule has 0 saturated heterocycles. The predicted octanol–water partition coefficient (Wildman–Crippen LogP) is 2.29. The lowest BCUT2D eigenvalue weighted by molar-refractivity contribution is 0.0999. The van der Waals surface area contributed by atoms with Crippen molar-refractivity contribution in [2.45, 2.75) is 32.7 Å². The van der Waals surface area contributed by atoms with Gasteiger partial charge in [0, 0.05) is 30.2 Å².